The third-order valence-corrected chi connectivity index (χ3v) is 6.11. The number of pyridine rings is 2. The van der Waals surface area contributed by atoms with Crippen molar-refractivity contribution in [1.82, 2.24) is 9.97 Å². The van der Waals surface area contributed by atoms with Crippen LogP contribution in [0.25, 0.3) is 11.0 Å². The van der Waals surface area contributed by atoms with E-state index >= 15 is 0 Å². The Labute approximate surface area is 182 Å². The Bertz CT molecular complexity index is 1010. The van der Waals surface area contributed by atoms with E-state index < -0.39 is 17.8 Å². The van der Waals surface area contributed by atoms with Gasteiger partial charge in [-0.2, -0.15) is 4.99 Å². The molecule has 0 radical (unpaired) electrons. The van der Waals surface area contributed by atoms with Gasteiger partial charge in [-0.25, -0.2) is 9.78 Å². The van der Waals surface area contributed by atoms with Crippen LogP contribution in [0, 0.1) is 5.41 Å². The van der Waals surface area contributed by atoms with Crippen molar-refractivity contribution in [2.75, 3.05) is 25.1 Å². The van der Waals surface area contributed by atoms with E-state index in [0.29, 0.717) is 24.4 Å². The lowest BCUT2D eigenvalue weighted by atomic mass is 9.76. The summed E-state index contributed by atoms with van der Waals surface area (Å²) < 4.78 is 10.6. The molecule has 31 heavy (non-hydrogen) atoms. The molecule has 0 unspecified atom stereocenters. The maximum atomic E-state index is 12.1. The molecule has 1 aliphatic heterocycles. The van der Waals surface area contributed by atoms with Gasteiger partial charge in [0, 0.05) is 25.4 Å². The van der Waals surface area contributed by atoms with Crippen LogP contribution in [0.3, 0.4) is 0 Å². The van der Waals surface area contributed by atoms with Gasteiger partial charge in [-0.15, -0.1) is 0 Å². The lowest BCUT2D eigenvalue weighted by Crippen LogP contribution is -2.39. The van der Waals surface area contributed by atoms with Gasteiger partial charge in [0.25, 0.3) is 0 Å². The van der Waals surface area contributed by atoms with Gasteiger partial charge in [0.15, 0.2) is 0 Å². The highest BCUT2D eigenvalue weighted by Gasteiger charge is 2.45. The van der Waals surface area contributed by atoms with Crippen molar-refractivity contribution in [3.05, 3.63) is 24.4 Å². The van der Waals surface area contributed by atoms with Crippen molar-refractivity contribution in [2.24, 2.45) is 10.4 Å². The third kappa shape index (κ3) is 4.63. The molecular formula is C23H30N4O4. The summed E-state index contributed by atoms with van der Waals surface area (Å²) >= 11 is 0. The molecule has 8 heteroatoms. The number of amides is 1. The molecule has 1 N–H and O–H groups in total. The van der Waals surface area contributed by atoms with Crippen molar-refractivity contribution in [3.63, 3.8) is 0 Å². The number of piperidine rings is 1. The van der Waals surface area contributed by atoms with E-state index in [2.05, 4.69) is 19.9 Å². The van der Waals surface area contributed by atoms with Crippen LogP contribution >= 0.6 is 0 Å². The van der Waals surface area contributed by atoms with Crippen molar-refractivity contribution in [3.8, 4) is 5.88 Å². The van der Waals surface area contributed by atoms with Crippen molar-refractivity contribution < 1.29 is 19.4 Å². The zero-order valence-corrected chi connectivity index (χ0v) is 18.6. The number of rotatable bonds is 2. The average molecular weight is 427 g/mol. The van der Waals surface area contributed by atoms with Crippen LogP contribution in [0.2, 0.25) is 0 Å². The zero-order chi connectivity index (χ0) is 22.2. The minimum Gasteiger partial charge on any atom is -0.481 e. The lowest BCUT2D eigenvalue weighted by molar-refractivity contribution is 0.0601. The maximum Gasteiger partial charge on any atom is 0.434 e. The molecule has 8 nitrogen and oxygen atoms in total. The number of aliphatic imine (C=N–C) groups is 1. The predicted molar refractivity (Wildman–Crippen MR) is 119 cm³/mol. The Morgan fingerprint density at radius 1 is 1.26 bits per heavy atom. The molecule has 2 aromatic heterocycles. The first kappa shape index (κ1) is 21.5. The summed E-state index contributed by atoms with van der Waals surface area (Å²) in [6, 6.07) is 5.73. The second-order valence-corrected chi connectivity index (χ2v) is 9.52. The van der Waals surface area contributed by atoms with Crippen LogP contribution in [0.1, 0.15) is 46.5 Å². The fourth-order valence-corrected chi connectivity index (χ4v) is 4.58. The molecule has 2 aromatic rings. The summed E-state index contributed by atoms with van der Waals surface area (Å²) in [5, 5.41) is 10.6. The van der Waals surface area contributed by atoms with Crippen LogP contribution in [0.4, 0.5) is 10.5 Å². The Hall–Kier alpha value is -2.74. The number of aromatic nitrogens is 2. The summed E-state index contributed by atoms with van der Waals surface area (Å²) in [5.74, 6) is 0.567. The molecule has 2 fully saturated rings. The van der Waals surface area contributed by atoms with Gasteiger partial charge in [0.2, 0.25) is 5.88 Å². The number of methoxy groups -OCH3 is 1. The van der Waals surface area contributed by atoms with E-state index in [1.54, 1.807) is 34.1 Å². The Balaban J connectivity index is 1.48. The highest BCUT2D eigenvalue weighted by atomic mass is 16.6. The molecule has 1 atom stereocenters. The first-order valence-corrected chi connectivity index (χ1v) is 10.7. The second-order valence-electron chi connectivity index (χ2n) is 9.52. The van der Waals surface area contributed by atoms with Gasteiger partial charge in [0.1, 0.15) is 11.1 Å². The smallest absolute Gasteiger partial charge is 0.434 e. The van der Waals surface area contributed by atoms with E-state index in [-0.39, 0.29) is 5.41 Å². The lowest BCUT2D eigenvalue weighted by Gasteiger charge is -2.40. The first-order chi connectivity index (χ1) is 14.7. The van der Waals surface area contributed by atoms with Crippen molar-refractivity contribution in [1.29, 1.82) is 0 Å². The molecular weight excluding hydrogens is 396 g/mol. The molecule has 1 amide bonds. The number of hydrogen-bond donors (Lipinski definition) is 1. The molecule has 1 saturated heterocycles. The summed E-state index contributed by atoms with van der Waals surface area (Å²) in [6.45, 7) is 7.09. The maximum absolute atomic E-state index is 12.1. The van der Waals surface area contributed by atoms with E-state index in [9.17, 15) is 9.90 Å². The van der Waals surface area contributed by atoms with Gasteiger partial charge in [-0.1, -0.05) is 0 Å². The number of carbonyl (C=O) groups is 1. The Kier molecular flexibility index (Phi) is 5.60. The quantitative estimate of drug-likeness (QED) is 0.781. The topological polar surface area (TPSA) is 97.1 Å². The minimum atomic E-state index is -0.688. The van der Waals surface area contributed by atoms with E-state index in [1.165, 1.54) is 0 Å². The molecule has 1 saturated carbocycles. The Morgan fingerprint density at radius 3 is 2.68 bits per heavy atom. The number of carbonyl (C=O) groups excluding carboxylic acids is 1. The highest BCUT2D eigenvalue weighted by Crippen LogP contribution is 2.46. The fourth-order valence-electron chi connectivity index (χ4n) is 4.58. The number of aliphatic hydroxyl groups excluding tert-OH is 1. The number of nitrogens with zero attached hydrogens (tertiary/aromatic N) is 4. The van der Waals surface area contributed by atoms with Crippen LogP contribution < -0.4 is 9.64 Å². The van der Waals surface area contributed by atoms with Crippen LogP contribution in [-0.4, -0.2) is 58.8 Å². The minimum absolute atomic E-state index is 0.0370. The molecule has 1 aliphatic carbocycles. The molecule has 4 rings (SSSR count). The van der Waals surface area contributed by atoms with Gasteiger partial charge in [-0.05, 0) is 64.0 Å². The molecule has 0 aromatic carbocycles. The Morgan fingerprint density at radius 2 is 2.00 bits per heavy atom. The molecule has 3 heterocycles. The van der Waals surface area contributed by atoms with Crippen molar-refractivity contribution >= 4 is 28.5 Å². The SMILES string of the molecule is COc1ccc2nccc(N3CCC4(CC3)C/C(=N/C(=O)OC(C)(C)C)[C@H](O)C4)c2n1. The zero-order valence-electron chi connectivity index (χ0n) is 18.6. The van der Waals surface area contributed by atoms with Gasteiger partial charge >= 0.3 is 6.09 Å². The number of anilines is 1. The first-order valence-electron chi connectivity index (χ1n) is 10.7. The van der Waals surface area contributed by atoms with E-state index in [1.807, 2.05) is 18.2 Å². The summed E-state index contributed by atoms with van der Waals surface area (Å²) in [7, 11) is 1.61. The normalized spacial score (nSPS) is 22.3. The van der Waals surface area contributed by atoms with Crippen molar-refractivity contribution in [2.45, 2.75) is 58.2 Å². The number of ether oxygens (including phenoxy) is 2. The van der Waals surface area contributed by atoms with Gasteiger partial charge in [0.05, 0.1) is 30.1 Å². The average Bonchev–Trinajstić information content (AvgIpc) is 3.00. The molecule has 2 aliphatic rings. The van der Waals surface area contributed by atoms with E-state index in [0.717, 1.165) is 42.7 Å². The van der Waals surface area contributed by atoms with Crippen LogP contribution in [0.15, 0.2) is 29.4 Å². The summed E-state index contributed by atoms with van der Waals surface area (Å²) in [4.78, 5) is 27.5. The number of hydrogen-bond acceptors (Lipinski definition) is 7. The predicted octanol–water partition coefficient (Wildman–Crippen LogP) is 3.76. The standard InChI is InChI=1S/C23H30N4O4/c1-22(2,3)31-21(29)25-16-13-23(14-18(16)28)8-11-27(12-9-23)17-7-10-24-15-5-6-19(30-4)26-20(15)17/h5-7,10,18,28H,8-9,11-14H2,1-4H3/b25-16-/t18-/m1/s1. The second kappa shape index (κ2) is 8.07. The fraction of sp³-hybridized carbons (Fsp3) is 0.565. The number of aliphatic hydroxyl groups is 1. The molecule has 166 valence electrons. The highest BCUT2D eigenvalue weighted by molar-refractivity contribution is 5.98. The van der Waals surface area contributed by atoms with Gasteiger partial charge in [-0.3, -0.25) is 4.98 Å². The largest absolute Gasteiger partial charge is 0.481 e. The molecule has 0 bridgehead atoms. The monoisotopic (exact) mass is 426 g/mol. The summed E-state index contributed by atoms with van der Waals surface area (Å²) in [6.07, 6.45) is 3.57. The number of fused-ring (bicyclic) bond motifs is 1. The third-order valence-electron chi connectivity index (χ3n) is 6.11. The van der Waals surface area contributed by atoms with E-state index in [4.69, 9.17) is 9.47 Å². The summed E-state index contributed by atoms with van der Waals surface area (Å²) in [5.41, 5.74) is 2.61. The van der Waals surface area contributed by atoms with Crippen LogP contribution in [0.5, 0.6) is 5.88 Å². The molecule has 1 spiro atoms. The van der Waals surface area contributed by atoms with Crippen LogP contribution in [-0.2, 0) is 4.74 Å². The van der Waals surface area contributed by atoms with Gasteiger partial charge < -0.3 is 19.5 Å².